The molecular weight excluding hydrogens is 296 g/mol. The number of Topliss-reactive ketones (excluding diaryl/α,β-unsaturated/α-hetero) is 1. The zero-order valence-corrected chi connectivity index (χ0v) is 14.2. The molecule has 3 heteroatoms. The van der Waals surface area contributed by atoms with E-state index in [4.69, 9.17) is 0 Å². The number of anilines is 1. The number of hydrogen-bond acceptors (Lipinski definition) is 3. The van der Waals surface area contributed by atoms with Gasteiger partial charge in [0, 0.05) is 43.3 Å². The van der Waals surface area contributed by atoms with Gasteiger partial charge in [-0.1, -0.05) is 12.1 Å². The van der Waals surface area contributed by atoms with E-state index in [1.54, 1.807) is 12.4 Å². The van der Waals surface area contributed by atoms with Gasteiger partial charge >= 0.3 is 0 Å². The summed E-state index contributed by atoms with van der Waals surface area (Å²) in [5, 5.41) is 0. The number of allylic oxidation sites excluding steroid dienone is 2. The summed E-state index contributed by atoms with van der Waals surface area (Å²) in [5.41, 5.74) is 5.06. The number of carbonyl (C=O) groups excluding carboxylic acids is 1. The van der Waals surface area contributed by atoms with Crippen LogP contribution in [0, 0.1) is 0 Å². The molecule has 1 saturated carbocycles. The number of rotatable bonds is 3. The van der Waals surface area contributed by atoms with E-state index in [2.05, 4.69) is 34.1 Å². The van der Waals surface area contributed by atoms with Gasteiger partial charge in [-0.05, 0) is 66.8 Å². The lowest BCUT2D eigenvalue weighted by molar-refractivity contribution is -0.112. The Morgan fingerprint density at radius 3 is 1.96 bits per heavy atom. The number of aromatic nitrogens is 1. The molecule has 122 valence electrons. The molecule has 0 bridgehead atoms. The van der Waals surface area contributed by atoms with E-state index in [0.29, 0.717) is 0 Å². The van der Waals surface area contributed by atoms with E-state index in [1.165, 1.54) is 0 Å². The number of ketones is 1. The number of carbonyl (C=O) groups is 1. The van der Waals surface area contributed by atoms with Crippen LogP contribution in [0.5, 0.6) is 0 Å². The second kappa shape index (κ2) is 7.26. The summed E-state index contributed by atoms with van der Waals surface area (Å²) in [6.45, 7) is 0. The molecule has 1 aliphatic carbocycles. The molecule has 0 atom stereocenters. The summed E-state index contributed by atoms with van der Waals surface area (Å²) in [5.74, 6) is 0.176. The van der Waals surface area contributed by atoms with Crippen molar-refractivity contribution in [2.24, 2.45) is 0 Å². The highest BCUT2D eigenvalue weighted by atomic mass is 16.1. The molecule has 0 amide bonds. The van der Waals surface area contributed by atoms with Gasteiger partial charge in [-0.3, -0.25) is 9.78 Å². The molecule has 0 radical (unpaired) electrons. The standard InChI is InChI=1S/C21H22N2O/c1-23(2)20-8-6-16(7-9-20)14-18-4-3-5-19(21(18)24)15-17-10-12-22-13-11-17/h6-15H,3-5H2,1-2H3/b18-14+,19-15-. The van der Waals surface area contributed by atoms with Crippen LogP contribution in [0.1, 0.15) is 30.4 Å². The van der Waals surface area contributed by atoms with Gasteiger partial charge in [-0.25, -0.2) is 0 Å². The predicted molar refractivity (Wildman–Crippen MR) is 99.8 cm³/mol. The molecule has 0 spiro atoms. The third-order valence-corrected chi connectivity index (χ3v) is 4.27. The largest absolute Gasteiger partial charge is 0.378 e. The fourth-order valence-electron chi connectivity index (χ4n) is 2.91. The van der Waals surface area contributed by atoms with Crippen LogP contribution in [-0.4, -0.2) is 24.9 Å². The molecule has 2 aromatic rings. The monoisotopic (exact) mass is 318 g/mol. The molecule has 1 aromatic heterocycles. The SMILES string of the molecule is CN(C)c1ccc(/C=C2\CCC/C(=C/c3ccncc3)C2=O)cc1. The lowest BCUT2D eigenvalue weighted by Gasteiger charge is -2.17. The second-order valence-corrected chi connectivity index (χ2v) is 6.29. The van der Waals surface area contributed by atoms with Crippen LogP contribution in [0.4, 0.5) is 5.69 Å². The van der Waals surface area contributed by atoms with Crippen LogP contribution >= 0.6 is 0 Å². The van der Waals surface area contributed by atoms with Crippen molar-refractivity contribution in [3.8, 4) is 0 Å². The molecule has 0 aliphatic heterocycles. The predicted octanol–water partition coefficient (Wildman–Crippen LogP) is 4.37. The smallest absolute Gasteiger partial charge is 0.185 e. The van der Waals surface area contributed by atoms with E-state index in [1.807, 2.05) is 38.4 Å². The summed E-state index contributed by atoms with van der Waals surface area (Å²) < 4.78 is 0. The Labute approximate surface area is 143 Å². The molecule has 3 nitrogen and oxygen atoms in total. The number of hydrogen-bond donors (Lipinski definition) is 0. The van der Waals surface area contributed by atoms with Crippen molar-refractivity contribution < 1.29 is 4.79 Å². The number of nitrogens with zero attached hydrogens (tertiary/aromatic N) is 2. The quantitative estimate of drug-likeness (QED) is 0.788. The maximum absolute atomic E-state index is 12.7. The van der Waals surface area contributed by atoms with Crippen LogP contribution in [0.25, 0.3) is 12.2 Å². The third-order valence-electron chi connectivity index (χ3n) is 4.27. The first-order valence-corrected chi connectivity index (χ1v) is 8.27. The van der Waals surface area contributed by atoms with Crippen LogP contribution in [0.2, 0.25) is 0 Å². The fraction of sp³-hybridized carbons (Fsp3) is 0.238. The first kappa shape index (κ1) is 16.2. The first-order chi connectivity index (χ1) is 11.6. The minimum atomic E-state index is 0.176. The Morgan fingerprint density at radius 1 is 0.875 bits per heavy atom. The van der Waals surface area contributed by atoms with Crippen molar-refractivity contribution in [3.63, 3.8) is 0 Å². The summed E-state index contributed by atoms with van der Waals surface area (Å²) in [6, 6.07) is 12.1. The van der Waals surface area contributed by atoms with Crippen molar-refractivity contribution in [2.45, 2.75) is 19.3 Å². The van der Waals surface area contributed by atoms with Gasteiger partial charge in [0.25, 0.3) is 0 Å². The molecule has 24 heavy (non-hydrogen) atoms. The van der Waals surface area contributed by atoms with E-state index < -0.39 is 0 Å². The minimum absolute atomic E-state index is 0.176. The van der Waals surface area contributed by atoms with Crippen LogP contribution in [0.3, 0.4) is 0 Å². The molecule has 1 aromatic carbocycles. The van der Waals surface area contributed by atoms with Gasteiger partial charge in [0.2, 0.25) is 0 Å². The Bertz CT molecular complexity index is 771. The summed E-state index contributed by atoms with van der Waals surface area (Å²) in [7, 11) is 4.04. The summed E-state index contributed by atoms with van der Waals surface area (Å²) in [4.78, 5) is 18.8. The second-order valence-electron chi connectivity index (χ2n) is 6.29. The number of benzene rings is 1. The molecule has 0 unspecified atom stereocenters. The minimum Gasteiger partial charge on any atom is -0.378 e. The molecule has 1 fully saturated rings. The average Bonchev–Trinajstić information content (AvgIpc) is 2.60. The molecular formula is C21H22N2O. The topological polar surface area (TPSA) is 33.2 Å². The van der Waals surface area contributed by atoms with Gasteiger partial charge in [0.15, 0.2) is 5.78 Å². The maximum Gasteiger partial charge on any atom is 0.185 e. The molecule has 0 saturated heterocycles. The van der Waals surface area contributed by atoms with E-state index in [0.717, 1.165) is 47.2 Å². The highest BCUT2D eigenvalue weighted by Gasteiger charge is 2.20. The summed E-state index contributed by atoms with van der Waals surface area (Å²) >= 11 is 0. The highest BCUT2D eigenvalue weighted by Crippen LogP contribution is 2.28. The Balaban J connectivity index is 1.83. The van der Waals surface area contributed by atoms with Crippen molar-refractivity contribution >= 4 is 23.6 Å². The Kier molecular flexibility index (Phi) is 4.90. The van der Waals surface area contributed by atoms with Gasteiger partial charge in [-0.2, -0.15) is 0 Å². The summed E-state index contributed by atoms with van der Waals surface area (Å²) in [6.07, 6.45) is 10.2. The van der Waals surface area contributed by atoms with E-state index in [9.17, 15) is 4.79 Å². The Hall–Kier alpha value is -2.68. The lowest BCUT2D eigenvalue weighted by atomic mass is 9.87. The molecule has 0 N–H and O–H groups in total. The lowest BCUT2D eigenvalue weighted by Crippen LogP contribution is -2.12. The fourth-order valence-corrected chi connectivity index (χ4v) is 2.91. The zero-order valence-electron chi connectivity index (χ0n) is 14.2. The molecule has 1 aliphatic rings. The van der Waals surface area contributed by atoms with Crippen LogP contribution in [0.15, 0.2) is 59.9 Å². The Morgan fingerprint density at radius 2 is 1.42 bits per heavy atom. The van der Waals surface area contributed by atoms with Crippen molar-refractivity contribution in [1.82, 2.24) is 4.98 Å². The van der Waals surface area contributed by atoms with Gasteiger partial charge in [-0.15, -0.1) is 0 Å². The highest BCUT2D eigenvalue weighted by molar-refractivity contribution is 6.13. The van der Waals surface area contributed by atoms with E-state index in [-0.39, 0.29) is 5.78 Å². The number of pyridine rings is 1. The third kappa shape index (κ3) is 3.80. The van der Waals surface area contributed by atoms with Crippen LogP contribution < -0.4 is 4.90 Å². The average molecular weight is 318 g/mol. The normalized spacial score (nSPS) is 18.2. The zero-order chi connectivity index (χ0) is 16.9. The van der Waals surface area contributed by atoms with Crippen molar-refractivity contribution in [2.75, 3.05) is 19.0 Å². The van der Waals surface area contributed by atoms with Crippen molar-refractivity contribution in [3.05, 3.63) is 71.1 Å². The first-order valence-electron chi connectivity index (χ1n) is 8.27. The van der Waals surface area contributed by atoms with Gasteiger partial charge in [0.05, 0.1) is 0 Å². The van der Waals surface area contributed by atoms with Gasteiger partial charge < -0.3 is 4.90 Å². The van der Waals surface area contributed by atoms with E-state index >= 15 is 0 Å². The van der Waals surface area contributed by atoms with Crippen LogP contribution in [-0.2, 0) is 4.79 Å². The maximum atomic E-state index is 12.7. The molecule has 1 heterocycles. The van der Waals surface area contributed by atoms with Gasteiger partial charge in [0.1, 0.15) is 0 Å². The molecule has 3 rings (SSSR count). The van der Waals surface area contributed by atoms with Crippen molar-refractivity contribution in [1.29, 1.82) is 0 Å².